The number of benzene rings is 1. The summed E-state index contributed by atoms with van der Waals surface area (Å²) in [6.45, 7) is 4.02. The minimum Gasteiger partial charge on any atom is -0.506 e. The van der Waals surface area contributed by atoms with Gasteiger partial charge in [0, 0.05) is 0 Å². The highest BCUT2D eigenvalue weighted by atomic mass is 127. The zero-order valence-electron chi connectivity index (χ0n) is 9.82. The highest BCUT2D eigenvalue weighted by Crippen LogP contribution is 2.31. The lowest BCUT2D eigenvalue weighted by Gasteiger charge is -2.24. The molecule has 1 aromatic rings. The highest BCUT2D eigenvalue weighted by Gasteiger charge is 2.23. The van der Waals surface area contributed by atoms with Crippen molar-refractivity contribution in [1.82, 2.24) is 0 Å². The number of phenols is 1. The van der Waals surface area contributed by atoms with Crippen molar-refractivity contribution in [3.05, 3.63) is 24.8 Å². The van der Waals surface area contributed by atoms with Gasteiger partial charge >= 0.3 is 0 Å². The maximum atomic E-state index is 10.1. The number of aromatic hydroxyl groups is 1. The molecule has 0 amide bonds. The van der Waals surface area contributed by atoms with E-state index in [4.69, 9.17) is 5.73 Å². The van der Waals surface area contributed by atoms with Crippen molar-refractivity contribution in [3.8, 4) is 5.75 Å². The number of hydrogen-bond acceptors (Lipinski definition) is 3. The molecule has 0 aliphatic heterocycles. The van der Waals surface area contributed by atoms with Crippen molar-refractivity contribution in [3.63, 3.8) is 0 Å². The molecule has 0 spiro atoms. The molecular weight excluding hydrogens is 444 g/mol. The van der Waals surface area contributed by atoms with Gasteiger partial charge in [-0.05, 0) is 68.8 Å². The second kappa shape index (κ2) is 6.53. The van der Waals surface area contributed by atoms with Gasteiger partial charge in [-0.3, -0.25) is 0 Å². The highest BCUT2D eigenvalue weighted by molar-refractivity contribution is 14.1. The van der Waals surface area contributed by atoms with Crippen LogP contribution >= 0.6 is 45.2 Å². The molecule has 0 aromatic heterocycles. The van der Waals surface area contributed by atoms with Gasteiger partial charge in [-0.1, -0.05) is 20.3 Å². The number of rotatable bonds is 4. The molecule has 0 aliphatic rings. The smallest absolute Gasteiger partial charge is 0.142 e. The fraction of sp³-hybridized carbons (Fsp3) is 0.500. The first-order valence-electron chi connectivity index (χ1n) is 5.50. The Morgan fingerprint density at radius 1 is 1.29 bits per heavy atom. The van der Waals surface area contributed by atoms with Gasteiger partial charge in [0.05, 0.1) is 19.3 Å². The summed E-state index contributed by atoms with van der Waals surface area (Å²) < 4.78 is 1.52. The van der Waals surface area contributed by atoms with Crippen LogP contribution in [0.25, 0.3) is 0 Å². The van der Waals surface area contributed by atoms with Crippen LogP contribution in [-0.2, 0) is 0 Å². The van der Waals surface area contributed by atoms with Crippen molar-refractivity contribution in [2.45, 2.75) is 32.4 Å². The van der Waals surface area contributed by atoms with Crippen LogP contribution in [0.3, 0.4) is 0 Å². The normalized spacial score (nSPS) is 16.6. The zero-order chi connectivity index (χ0) is 13.2. The van der Waals surface area contributed by atoms with Crippen LogP contribution in [0.5, 0.6) is 5.75 Å². The first kappa shape index (κ1) is 15.5. The van der Waals surface area contributed by atoms with Crippen LogP contribution < -0.4 is 5.73 Å². The van der Waals surface area contributed by atoms with E-state index in [-0.39, 0.29) is 11.7 Å². The molecule has 1 rings (SSSR count). The third-order valence-electron chi connectivity index (χ3n) is 3.02. The first-order chi connectivity index (χ1) is 7.88. The quantitative estimate of drug-likeness (QED) is 0.605. The molecule has 0 saturated carbocycles. The topological polar surface area (TPSA) is 66.5 Å². The average molecular weight is 461 g/mol. The molecule has 3 atom stereocenters. The number of phenolic OH excluding ortho intramolecular Hbond substituents is 1. The molecular formula is C12H17I2NO2. The molecule has 1 aromatic carbocycles. The molecule has 1 unspecified atom stereocenters. The summed E-state index contributed by atoms with van der Waals surface area (Å²) in [6.07, 6.45) is 0.331. The van der Waals surface area contributed by atoms with E-state index in [9.17, 15) is 10.2 Å². The van der Waals surface area contributed by atoms with E-state index in [2.05, 4.69) is 45.2 Å². The molecule has 5 heteroatoms. The number of aliphatic hydroxyl groups excluding tert-OH is 1. The van der Waals surface area contributed by atoms with E-state index >= 15 is 0 Å². The molecule has 0 aliphatic carbocycles. The maximum Gasteiger partial charge on any atom is 0.142 e. The Bertz CT molecular complexity index is 375. The van der Waals surface area contributed by atoms with Gasteiger partial charge in [-0.2, -0.15) is 0 Å². The largest absolute Gasteiger partial charge is 0.506 e. The monoisotopic (exact) mass is 461 g/mol. The summed E-state index contributed by atoms with van der Waals surface area (Å²) in [5.41, 5.74) is 6.93. The SMILES string of the molecule is CCC(C)[C@@H](O)[C@@H](N)c1cc(I)c(O)c(I)c1. The number of hydrogen-bond donors (Lipinski definition) is 3. The number of nitrogens with two attached hydrogens (primary N) is 1. The van der Waals surface area contributed by atoms with Crippen molar-refractivity contribution < 1.29 is 10.2 Å². The van der Waals surface area contributed by atoms with E-state index in [1.54, 1.807) is 0 Å². The van der Waals surface area contributed by atoms with Crippen LogP contribution in [0.1, 0.15) is 31.9 Å². The van der Waals surface area contributed by atoms with E-state index in [0.717, 1.165) is 19.1 Å². The fourth-order valence-electron chi connectivity index (χ4n) is 1.57. The van der Waals surface area contributed by atoms with Gasteiger partial charge in [-0.15, -0.1) is 0 Å². The molecule has 0 heterocycles. The third-order valence-corrected chi connectivity index (χ3v) is 4.66. The van der Waals surface area contributed by atoms with Gasteiger partial charge < -0.3 is 15.9 Å². The summed E-state index contributed by atoms with van der Waals surface area (Å²) in [5, 5.41) is 19.8. The summed E-state index contributed by atoms with van der Waals surface area (Å²) in [5.74, 6) is 0.439. The Morgan fingerprint density at radius 3 is 2.18 bits per heavy atom. The molecule has 96 valence electrons. The van der Waals surface area contributed by atoms with E-state index in [1.165, 1.54) is 0 Å². The lowest BCUT2D eigenvalue weighted by molar-refractivity contribution is 0.0879. The van der Waals surface area contributed by atoms with Crippen LogP contribution in [0.2, 0.25) is 0 Å². The summed E-state index contributed by atoms with van der Waals surface area (Å²) in [4.78, 5) is 0. The number of halogens is 2. The standard InChI is InChI=1S/C12H17I2NO2/c1-3-6(2)11(16)10(15)7-4-8(13)12(17)9(14)5-7/h4-6,10-11,16-17H,3,15H2,1-2H3/t6?,10-,11+/m0/s1. The molecule has 0 bridgehead atoms. The van der Waals surface area contributed by atoms with Crippen LogP contribution in [0.15, 0.2) is 12.1 Å². The molecule has 0 fully saturated rings. The van der Waals surface area contributed by atoms with Crippen molar-refractivity contribution in [1.29, 1.82) is 0 Å². The van der Waals surface area contributed by atoms with E-state index in [0.29, 0.717) is 0 Å². The molecule has 3 nitrogen and oxygen atoms in total. The zero-order valence-corrected chi connectivity index (χ0v) is 14.1. The van der Waals surface area contributed by atoms with Crippen molar-refractivity contribution in [2.24, 2.45) is 11.7 Å². The Labute approximate surface area is 129 Å². The Hall–Kier alpha value is 0.400. The second-order valence-electron chi connectivity index (χ2n) is 4.24. The minimum absolute atomic E-state index is 0.161. The van der Waals surface area contributed by atoms with Crippen molar-refractivity contribution in [2.75, 3.05) is 0 Å². The summed E-state index contributed by atoms with van der Waals surface area (Å²) in [7, 11) is 0. The summed E-state index contributed by atoms with van der Waals surface area (Å²) >= 11 is 4.13. The Balaban J connectivity index is 3.00. The lowest BCUT2D eigenvalue weighted by Crippen LogP contribution is -2.31. The van der Waals surface area contributed by atoms with Crippen LogP contribution in [0, 0.1) is 13.1 Å². The average Bonchev–Trinajstić information content (AvgIpc) is 2.32. The Kier molecular flexibility index (Phi) is 5.94. The Morgan fingerprint density at radius 2 is 1.76 bits per heavy atom. The van der Waals surface area contributed by atoms with Gasteiger partial charge in [0.1, 0.15) is 5.75 Å². The first-order valence-corrected chi connectivity index (χ1v) is 7.65. The predicted molar refractivity (Wildman–Crippen MR) is 85.9 cm³/mol. The predicted octanol–water partition coefficient (Wildman–Crippen LogP) is 3.01. The second-order valence-corrected chi connectivity index (χ2v) is 6.56. The molecule has 0 radical (unpaired) electrons. The van der Waals surface area contributed by atoms with Crippen LogP contribution in [0.4, 0.5) is 0 Å². The number of aliphatic hydroxyl groups is 1. The lowest BCUT2D eigenvalue weighted by atomic mass is 9.92. The maximum absolute atomic E-state index is 10.1. The van der Waals surface area contributed by atoms with Crippen LogP contribution in [-0.4, -0.2) is 16.3 Å². The molecule has 4 N–H and O–H groups in total. The van der Waals surface area contributed by atoms with Gasteiger partial charge in [0.15, 0.2) is 0 Å². The fourth-order valence-corrected chi connectivity index (χ4v) is 3.39. The van der Waals surface area contributed by atoms with Crippen molar-refractivity contribution >= 4 is 45.2 Å². The van der Waals surface area contributed by atoms with E-state index < -0.39 is 12.1 Å². The summed E-state index contributed by atoms with van der Waals surface area (Å²) in [6, 6.07) is 3.25. The third kappa shape index (κ3) is 3.68. The van der Waals surface area contributed by atoms with Gasteiger partial charge in [-0.25, -0.2) is 0 Å². The van der Waals surface area contributed by atoms with Gasteiger partial charge in [0.2, 0.25) is 0 Å². The minimum atomic E-state index is -0.559. The molecule has 17 heavy (non-hydrogen) atoms. The molecule has 0 saturated heterocycles. The van der Waals surface area contributed by atoms with E-state index in [1.807, 2.05) is 26.0 Å². The van der Waals surface area contributed by atoms with Gasteiger partial charge in [0.25, 0.3) is 0 Å².